The smallest absolute Gasteiger partial charge is 0.262 e. The molecule has 132 valence electrons. The summed E-state index contributed by atoms with van der Waals surface area (Å²) in [5, 5.41) is 9.82. The summed E-state index contributed by atoms with van der Waals surface area (Å²) < 4.78 is 1.71. The van der Waals surface area contributed by atoms with Gasteiger partial charge in [-0.1, -0.05) is 49.4 Å². The topological polar surface area (TPSA) is 58.7 Å². The lowest BCUT2D eigenvalue weighted by Crippen LogP contribution is -2.23. The van der Waals surface area contributed by atoms with Crippen molar-refractivity contribution in [2.75, 3.05) is 0 Å². The highest BCUT2D eigenvalue weighted by molar-refractivity contribution is 7.18. The summed E-state index contributed by atoms with van der Waals surface area (Å²) in [5.74, 6) is 0.653. The van der Waals surface area contributed by atoms with Gasteiger partial charge in [-0.2, -0.15) is 5.26 Å². The quantitative estimate of drug-likeness (QED) is 0.526. The molecule has 0 atom stereocenters. The van der Waals surface area contributed by atoms with Crippen molar-refractivity contribution >= 4 is 21.6 Å². The SMILES string of the molecule is CCc1cc2c(=O)n(Cc3cccc(C#N)c3)c(-c3ccccc3)nc2s1. The summed E-state index contributed by atoms with van der Waals surface area (Å²) in [6.45, 7) is 2.45. The van der Waals surface area contributed by atoms with E-state index in [9.17, 15) is 4.79 Å². The molecule has 4 nitrogen and oxygen atoms in total. The molecule has 5 heteroatoms. The first-order valence-electron chi connectivity index (χ1n) is 8.77. The molecule has 0 saturated heterocycles. The Kier molecular flexibility index (Phi) is 4.57. The molecule has 27 heavy (non-hydrogen) atoms. The van der Waals surface area contributed by atoms with Crippen molar-refractivity contribution in [2.24, 2.45) is 0 Å². The van der Waals surface area contributed by atoms with Gasteiger partial charge in [0.2, 0.25) is 0 Å². The monoisotopic (exact) mass is 371 g/mol. The zero-order valence-electron chi connectivity index (χ0n) is 14.8. The summed E-state index contributed by atoms with van der Waals surface area (Å²) in [6, 6.07) is 21.2. The summed E-state index contributed by atoms with van der Waals surface area (Å²) in [4.78, 5) is 20.0. The van der Waals surface area contributed by atoms with E-state index in [0.29, 0.717) is 23.3 Å². The van der Waals surface area contributed by atoms with Crippen molar-refractivity contribution in [3.8, 4) is 17.5 Å². The van der Waals surface area contributed by atoms with Crippen LogP contribution in [0.1, 0.15) is 22.9 Å². The molecule has 0 aliphatic heterocycles. The average molecular weight is 371 g/mol. The lowest BCUT2D eigenvalue weighted by Gasteiger charge is -2.13. The van der Waals surface area contributed by atoms with Crippen LogP contribution in [0.5, 0.6) is 0 Å². The number of fused-ring (bicyclic) bond motifs is 1. The summed E-state index contributed by atoms with van der Waals surface area (Å²) in [7, 11) is 0. The van der Waals surface area contributed by atoms with Gasteiger partial charge in [0.1, 0.15) is 10.7 Å². The Bertz CT molecular complexity index is 1220. The Morgan fingerprint density at radius 1 is 1.11 bits per heavy atom. The maximum absolute atomic E-state index is 13.3. The number of hydrogen-bond donors (Lipinski definition) is 0. The number of rotatable bonds is 4. The number of nitriles is 1. The first-order chi connectivity index (χ1) is 13.2. The molecular weight excluding hydrogens is 354 g/mol. The number of benzene rings is 2. The van der Waals surface area contributed by atoms with Gasteiger partial charge in [0.05, 0.1) is 23.6 Å². The van der Waals surface area contributed by atoms with Gasteiger partial charge in [-0.15, -0.1) is 11.3 Å². The Morgan fingerprint density at radius 3 is 2.67 bits per heavy atom. The normalized spacial score (nSPS) is 10.8. The average Bonchev–Trinajstić information content (AvgIpc) is 3.14. The van der Waals surface area contributed by atoms with Crippen LogP contribution < -0.4 is 5.56 Å². The lowest BCUT2D eigenvalue weighted by molar-refractivity contribution is 0.760. The standard InChI is InChI=1S/C22H17N3OS/c1-2-18-12-19-21(27-18)24-20(17-9-4-3-5-10-17)25(22(19)26)14-16-8-6-7-15(11-16)13-23/h3-12H,2,14H2,1H3. The number of aromatic nitrogens is 2. The lowest BCUT2D eigenvalue weighted by atomic mass is 10.1. The van der Waals surface area contributed by atoms with Crippen LogP contribution in [0, 0.1) is 11.3 Å². The van der Waals surface area contributed by atoms with Crippen LogP contribution in [0.4, 0.5) is 0 Å². The molecule has 0 bridgehead atoms. The van der Waals surface area contributed by atoms with Gasteiger partial charge in [-0.05, 0) is 30.2 Å². The molecule has 0 spiro atoms. The van der Waals surface area contributed by atoms with Gasteiger partial charge < -0.3 is 0 Å². The van der Waals surface area contributed by atoms with Crippen LogP contribution in [-0.4, -0.2) is 9.55 Å². The van der Waals surface area contributed by atoms with E-state index < -0.39 is 0 Å². The van der Waals surface area contributed by atoms with Gasteiger partial charge in [0.25, 0.3) is 5.56 Å². The van der Waals surface area contributed by atoms with Gasteiger partial charge in [0, 0.05) is 10.4 Å². The zero-order valence-corrected chi connectivity index (χ0v) is 15.7. The second-order valence-electron chi connectivity index (χ2n) is 6.29. The van der Waals surface area contributed by atoms with E-state index in [-0.39, 0.29) is 5.56 Å². The van der Waals surface area contributed by atoms with Crippen molar-refractivity contribution in [2.45, 2.75) is 19.9 Å². The third kappa shape index (κ3) is 3.27. The molecule has 0 saturated carbocycles. The maximum atomic E-state index is 13.3. The van der Waals surface area contributed by atoms with Gasteiger partial charge in [0.15, 0.2) is 0 Å². The van der Waals surface area contributed by atoms with Crippen molar-refractivity contribution in [1.29, 1.82) is 5.26 Å². The molecule has 0 unspecified atom stereocenters. The first-order valence-corrected chi connectivity index (χ1v) is 9.59. The van der Waals surface area contributed by atoms with Crippen LogP contribution in [0.3, 0.4) is 0 Å². The minimum Gasteiger partial charge on any atom is -0.288 e. The molecule has 0 aliphatic rings. The molecule has 0 aliphatic carbocycles. The Hall–Kier alpha value is -3.23. The van der Waals surface area contributed by atoms with E-state index in [0.717, 1.165) is 27.3 Å². The number of hydrogen-bond acceptors (Lipinski definition) is 4. The largest absolute Gasteiger partial charge is 0.288 e. The van der Waals surface area contributed by atoms with Crippen LogP contribution >= 0.6 is 11.3 Å². The van der Waals surface area contributed by atoms with E-state index in [4.69, 9.17) is 10.2 Å². The molecule has 0 fully saturated rings. The minimum absolute atomic E-state index is 0.0443. The molecule has 0 amide bonds. The third-order valence-electron chi connectivity index (χ3n) is 4.48. The highest BCUT2D eigenvalue weighted by atomic mass is 32.1. The summed E-state index contributed by atoms with van der Waals surface area (Å²) in [6.07, 6.45) is 0.880. The summed E-state index contributed by atoms with van der Waals surface area (Å²) >= 11 is 1.57. The van der Waals surface area contributed by atoms with Gasteiger partial charge in [-0.3, -0.25) is 9.36 Å². The molecule has 2 aromatic heterocycles. The molecule has 2 aromatic carbocycles. The second kappa shape index (κ2) is 7.18. The Labute approximate surface area is 161 Å². The second-order valence-corrected chi connectivity index (χ2v) is 7.41. The van der Waals surface area contributed by atoms with Crippen molar-refractivity contribution in [3.63, 3.8) is 0 Å². The number of thiophene rings is 1. The van der Waals surface area contributed by atoms with Crippen molar-refractivity contribution in [1.82, 2.24) is 9.55 Å². The number of nitrogens with zero attached hydrogens (tertiary/aromatic N) is 3. The molecular formula is C22H17N3OS. The van der Waals surface area contributed by atoms with Crippen LogP contribution in [0.15, 0.2) is 65.5 Å². The van der Waals surface area contributed by atoms with E-state index >= 15 is 0 Å². The van der Waals surface area contributed by atoms with Gasteiger partial charge >= 0.3 is 0 Å². The van der Waals surface area contributed by atoms with Crippen LogP contribution in [0.25, 0.3) is 21.6 Å². The minimum atomic E-state index is -0.0443. The molecule has 2 heterocycles. The van der Waals surface area contributed by atoms with E-state index in [1.54, 1.807) is 22.0 Å². The molecule has 4 rings (SSSR count). The maximum Gasteiger partial charge on any atom is 0.262 e. The molecule has 0 radical (unpaired) electrons. The highest BCUT2D eigenvalue weighted by Crippen LogP contribution is 2.26. The van der Waals surface area contributed by atoms with Crippen LogP contribution in [0.2, 0.25) is 0 Å². The van der Waals surface area contributed by atoms with Crippen molar-refractivity contribution < 1.29 is 0 Å². The van der Waals surface area contributed by atoms with E-state index in [1.165, 1.54) is 0 Å². The van der Waals surface area contributed by atoms with Crippen molar-refractivity contribution in [3.05, 3.63) is 87.0 Å². The Morgan fingerprint density at radius 2 is 1.93 bits per heavy atom. The Balaban J connectivity index is 1.94. The highest BCUT2D eigenvalue weighted by Gasteiger charge is 2.15. The zero-order chi connectivity index (χ0) is 18.8. The summed E-state index contributed by atoms with van der Waals surface area (Å²) in [5.41, 5.74) is 2.34. The predicted octanol–water partition coefficient (Wildman–Crippen LogP) is 4.61. The van der Waals surface area contributed by atoms with E-state index in [1.807, 2.05) is 54.6 Å². The fourth-order valence-corrected chi connectivity index (χ4v) is 4.07. The van der Waals surface area contributed by atoms with E-state index in [2.05, 4.69) is 13.0 Å². The third-order valence-corrected chi connectivity index (χ3v) is 5.65. The molecule has 0 N–H and O–H groups in total. The first kappa shape index (κ1) is 17.2. The number of aryl methyl sites for hydroxylation is 1. The fraction of sp³-hybridized carbons (Fsp3) is 0.136. The van der Waals surface area contributed by atoms with Gasteiger partial charge in [-0.25, -0.2) is 4.98 Å². The predicted molar refractivity (Wildman–Crippen MR) is 109 cm³/mol. The fourth-order valence-electron chi connectivity index (χ4n) is 3.12. The molecule has 4 aromatic rings. The van der Waals surface area contributed by atoms with Crippen LogP contribution in [-0.2, 0) is 13.0 Å².